The molecule has 0 aromatic heterocycles. The van der Waals surface area contributed by atoms with Crippen LogP contribution in [0.2, 0.25) is 0 Å². The van der Waals surface area contributed by atoms with E-state index in [0.717, 1.165) is 22.4 Å². The van der Waals surface area contributed by atoms with Crippen molar-refractivity contribution >= 4 is 22.0 Å². The zero-order chi connectivity index (χ0) is 30.2. The molecule has 0 spiro atoms. The van der Waals surface area contributed by atoms with Crippen molar-refractivity contribution in [1.82, 2.24) is 14.1 Å². The predicted octanol–water partition coefficient (Wildman–Crippen LogP) is 5.08. The Kier molecular flexibility index (Phi) is 10.6. The highest BCUT2D eigenvalue weighted by Gasteiger charge is 2.29. The molecule has 8 heteroatoms. The Bertz CT molecular complexity index is 1440. The average Bonchev–Trinajstić information content (AvgIpc) is 2.99. The smallest absolute Gasteiger partial charge is 0.243 e. The van der Waals surface area contributed by atoms with Crippen molar-refractivity contribution in [3.8, 4) is 5.75 Å². The van der Waals surface area contributed by atoms with Crippen LogP contribution in [0.25, 0.3) is 6.08 Å². The molecule has 0 radical (unpaired) electrons. The van der Waals surface area contributed by atoms with E-state index in [-0.39, 0.29) is 11.3 Å². The number of benzene rings is 3. The number of piperazine rings is 1. The number of methoxy groups -OCH3 is 1. The summed E-state index contributed by atoms with van der Waals surface area (Å²) in [4.78, 5) is 17.8. The molecule has 1 heterocycles. The summed E-state index contributed by atoms with van der Waals surface area (Å²) in [6.07, 6.45) is 4.32. The third kappa shape index (κ3) is 8.31. The molecular formula is C34H43N3O4S. The third-order valence-electron chi connectivity index (χ3n) is 7.69. The Morgan fingerprint density at radius 1 is 0.905 bits per heavy atom. The number of carbonyl (C=O) groups excluding carboxylic acids is 1. The van der Waals surface area contributed by atoms with Crippen molar-refractivity contribution in [3.05, 3.63) is 102 Å². The van der Waals surface area contributed by atoms with E-state index in [1.807, 2.05) is 83.8 Å². The van der Waals surface area contributed by atoms with Gasteiger partial charge < -0.3 is 9.64 Å². The van der Waals surface area contributed by atoms with Crippen LogP contribution < -0.4 is 4.74 Å². The molecule has 1 aliphatic heterocycles. The molecule has 0 aliphatic carbocycles. The average molecular weight is 590 g/mol. The maximum Gasteiger partial charge on any atom is 0.243 e. The van der Waals surface area contributed by atoms with E-state index in [1.54, 1.807) is 23.5 Å². The number of para-hydroxylation sites is 1. The zero-order valence-corrected chi connectivity index (χ0v) is 26.0. The highest BCUT2D eigenvalue weighted by atomic mass is 32.2. The number of hydrogen-bond acceptors (Lipinski definition) is 5. The molecule has 1 aliphatic rings. The van der Waals surface area contributed by atoms with Gasteiger partial charge in [-0.2, -0.15) is 4.31 Å². The fraction of sp³-hybridized carbons (Fsp3) is 0.382. The minimum Gasteiger partial charge on any atom is -0.496 e. The van der Waals surface area contributed by atoms with Gasteiger partial charge in [-0.15, -0.1) is 0 Å². The van der Waals surface area contributed by atoms with E-state index in [2.05, 4.69) is 25.7 Å². The van der Waals surface area contributed by atoms with E-state index >= 15 is 0 Å². The lowest BCUT2D eigenvalue weighted by Crippen LogP contribution is -2.50. The monoisotopic (exact) mass is 589 g/mol. The van der Waals surface area contributed by atoms with Crippen LogP contribution >= 0.6 is 0 Å². The summed E-state index contributed by atoms with van der Waals surface area (Å²) >= 11 is 0. The Labute approximate surface area is 251 Å². The molecule has 4 rings (SSSR count). The Morgan fingerprint density at radius 2 is 1.55 bits per heavy atom. The fourth-order valence-corrected chi connectivity index (χ4v) is 6.46. The van der Waals surface area contributed by atoms with Crippen molar-refractivity contribution in [2.45, 2.75) is 37.5 Å². The fourth-order valence-electron chi connectivity index (χ4n) is 5.04. The van der Waals surface area contributed by atoms with Crippen molar-refractivity contribution in [2.75, 3.05) is 52.9 Å². The second-order valence-corrected chi connectivity index (χ2v) is 13.6. The molecule has 0 atom stereocenters. The summed E-state index contributed by atoms with van der Waals surface area (Å²) in [5, 5.41) is 0. The standard InChI is InChI=1S/C34H43N3O4S/c1-34(2,3)30-16-18-31(19-17-30)42(39,40)37-25-22-35(23-26-37)21-24-36(33(38)27-28-11-6-5-7-12-28)20-10-14-29-13-8-9-15-32(29)41-4/h5-19H,20-27H2,1-4H3/b14-10+. The highest BCUT2D eigenvalue weighted by molar-refractivity contribution is 7.89. The first-order valence-corrected chi connectivity index (χ1v) is 16.0. The van der Waals surface area contributed by atoms with E-state index in [9.17, 15) is 13.2 Å². The Morgan fingerprint density at radius 3 is 2.19 bits per heavy atom. The maximum absolute atomic E-state index is 13.3. The summed E-state index contributed by atoms with van der Waals surface area (Å²) in [5.74, 6) is 0.847. The molecule has 1 saturated heterocycles. The largest absolute Gasteiger partial charge is 0.496 e. The number of nitrogens with zero attached hydrogens (tertiary/aromatic N) is 3. The van der Waals surface area contributed by atoms with Crippen LogP contribution in [-0.2, 0) is 26.7 Å². The lowest BCUT2D eigenvalue weighted by molar-refractivity contribution is -0.130. The van der Waals surface area contributed by atoms with Gasteiger partial charge in [0.15, 0.2) is 0 Å². The minimum atomic E-state index is -3.55. The molecule has 42 heavy (non-hydrogen) atoms. The van der Waals surface area contributed by atoms with E-state index in [0.29, 0.717) is 57.1 Å². The van der Waals surface area contributed by atoms with Crippen LogP contribution in [0.15, 0.2) is 89.8 Å². The van der Waals surface area contributed by atoms with Crippen LogP contribution in [0.1, 0.15) is 37.5 Å². The van der Waals surface area contributed by atoms with Gasteiger partial charge in [-0.05, 0) is 34.7 Å². The van der Waals surface area contributed by atoms with Gasteiger partial charge in [-0.3, -0.25) is 9.69 Å². The molecule has 3 aromatic rings. The molecule has 1 amide bonds. The van der Waals surface area contributed by atoms with Crippen LogP contribution in [-0.4, -0.2) is 81.4 Å². The Hall–Kier alpha value is -3.46. The molecule has 3 aromatic carbocycles. The van der Waals surface area contributed by atoms with Gasteiger partial charge in [0.25, 0.3) is 0 Å². The molecular weight excluding hydrogens is 546 g/mol. The lowest BCUT2D eigenvalue weighted by atomic mass is 9.87. The minimum absolute atomic E-state index is 0.0333. The van der Waals surface area contributed by atoms with Crippen molar-refractivity contribution in [2.24, 2.45) is 0 Å². The molecule has 0 saturated carbocycles. The van der Waals surface area contributed by atoms with Crippen molar-refractivity contribution in [1.29, 1.82) is 0 Å². The van der Waals surface area contributed by atoms with E-state index < -0.39 is 10.0 Å². The number of sulfonamides is 1. The summed E-state index contributed by atoms with van der Waals surface area (Å²) in [6.45, 7) is 10.1. The van der Waals surface area contributed by atoms with Crippen molar-refractivity contribution in [3.63, 3.8) is 0 Å². The lowest BCUT2D eigenvalue weighted by Gasteiger charge is -2.35. The van der Waals surface area contributed by atoms with E-state index in [1.165, 1.54) is 0 Å². The first kappa shape index (κ1) is 31.5. The van der Waals surface area contributed by atoms with Gasteiger partial charge in [0, 0.05) is 51.4 Å². The molecule has 0 unspecified atom stereocenters. The van der Waals surface area contributed by atoms with Gasteiger partial charge in [0.2, 0.25) is 15.9 Å². The van der Waals surface area contributed by atoms with Crippen LogP contribution in [0.3, 0.4) is 0 Å². The molecule has 0 bridgehead atoms. The first-order valence-electron chi connectivity index (χ1n) is 14.5. The van der Waals surface area contributed by atoms with Crippen LogP contribution in [0, 0.1) is 0 Å². The van der Waals surface area contributed by atoms with Gasteiger partial charge >= 0.3 is 0 Å². The summed E-state index contributed by atoms with van der Waals surface area (Å²) in [7, 11) is -1.90. The first-order chi connectivity index (χ1) is 20.1. The molecule has 1 fully saturated rings. The van der Waals surface area contributed by atoms with Gasteiger partial charge in [0.05, 0.1) is 18.4 Å². The number of rotatable bonds is 11. The summed E-state index contributed by atoms with van der Waals surface area (Å²) in [5.41, 5.74) is 3.01. The highest BCUT2D eigenvalue weighted by Crippen LogP contribution is 2.25. The molecule has 7 nitrogen and oxygen atoms in total. The number of ether oxygens (including phenoxy) is 1. The quantitative estimate of drug-likeness (QED) is 0.312. The summed E-state index contributed by atoms with van der Waals surface area (Å²) < 4.78 is 33.6. The zero-order valence-electron chi connectivity index (χ0n) is 25.2. The SMILES string of the molecule is COc1ccccc1/C=C/CN(CCN1CCN(S(=O)(=O)c2ccc(C(C)(C)C)cc2)CC1)C(=O)Cc1ccccc1. The topological polar surface area (TPSA) is 70.2 Å². The van der Waals surface area contributed by atoms with Crippen LogP contribution in [0.4, 0.5) is 0 Å². The maximum atomic E-state index is 13.3. The van der Waals surface area contributed by atoms with Gasteiger partial charge in [-0.1, -0.05) is 93.6 Å². The van der Waals surface area contributed by atoms with Gasteiger partial charge in [0.1, 0.15) is 5.75 Å². The Balaban J connectivity index is 1.36. The number of hydrogen-bond donors (Lipinski definition) is 0. The molecule has 0 N–H and O–H groups in total. The van der Waals surface area contributed by atoms with Crippen LogP contribution in [0.5, 0.6) is 5.75 Å². The second-order valence-electron chi connectivity index (χ2n) is 11.7. The summed E-state index contributed by atoms with van der Waals surface area (Å²) in [6, 6.07) is 24.8. The predicted molar refractivity (Wildman–Crippen MR) is 169 cm³/mol. The molecule has 224 valence electrons. The normalized spacial score (nSPS) is 15.1. The number of amides is 1. The van der Waals surface area contributed by atoms with Crippen molar-refractivity contribution < 1.29 is 17.9 Å². The second kappa shape index (κ2) is 14.1. The number of carbonyl (C=O) groups is 1. The van der Waals surface area contributed by atoms with Gasteiger partial charge in [-0.25, -0.2) is 8.42 Å². The van der Waals surface area contributed by atoms with E-state index in [4.69, 9.17) is 4.74 Å². The third-order valence-corrected chi connectivity index (χ3v) is 9.60.